The van der Waals surface area contributed by atoms with E-state index < -0.39 is 42.2 Å². The highest BCUT2D eigenvalue weighted by atomic mass is 32.2. The number of aliphatic hydroxyl groups is 3. The minimum atomic E-state index is -1.91. The van der Waals surface area contributed by atoms with Crippen molar-refractivity contribution in [2.24, 2.45) is 0 Å². The van der Waals surface area contributed by atoms with Crippen LogP contribution in [0.3, 0.4) is 0 Å². The first-order valence-electron chi connectivity index (χ1n) is 11.8. The van der Waals surface area contributed by atoms with E-state index in [1.54, 1.807) is 17.9 Å². The number of rotatable bonds is 4. The van der Waals surface area contributed by atoms with Crippen molar-refractivity contribution in [2.45, 2.75) is 42.7 Å². The number of ether oxygens (including phenoxy) is 2. The van der Waals surface area contributed by atoms with Gasteiger partial charge in [-0.15, -0.1) is 11.8 Å². The van der Waals surface area contributed by atoms with E-state index in [9.17, 15) is 24.9 Å². The Morgan fingerprint density at radius 1 is 1.46 bits per heavy atom. The number of carbonyl (C=O) groups excluding carboxylic acids is 2. The van der Waals surface area contributed by atoms with Crippen LogP contribution in [0.15, 0.2) is 28.2 Å². The standard InChI is InChI=1S/C25H24FN3O7S/c1-3-25(34)12-4-16-20-10(6-29(16)23(32)11(12)8-36-24(25)33)18-15(27-17(31)7-30)9-37-22-19(18)14(28-20)5-13(26)21(22)35-2/h4-5,15,23,30,32,34H,3,6-9H2,1-2H3,(H,27,31)/t15-,23?,25-/m0/s1. The van der Waals surface area contributed by atoms with Crippen molar-refractivity contribution in [3.63, 3.8) is 0 Å². The van der Waals surface area contributed by atoms with Crippen LogP contribution in [0.1, 0.15) is 36.2 Å². The molecule has 0 saturated carbocycles. The molecule has 5 heterocycles. The second-order valence-corrected chi connectivity index (χ2v) is 10.3. The van der Waals surface area contributed by atoms with Gasteiger partial charge in [-0.1, -0.05) is 6.92 Å². The van der Waals surface area contributed by atoms with Gasteiger partial charge in [0.25, 0.3) is 0 Å². The number of amides is 1. The number of thioether (sulfide) groups is 1. The van der Waals surface area contributed by atoms with Gasteiger partial charge in [0.05, 0.1) is 35.0 Å². The van der Waals surface area contributed by atoms with Gasteiger partial charge >= 0.3 is 5.97 Å². The molecule has 194 valence electrons. The molecule has 10 nitrogen and oxygen atoms in total. The zero-order chi connectivity index (χ0) is 26.2. The summed E-state index contributed by atoms with van der Waals surface area (Å²) in [6.45, 7) is 1.02. The van der Waals surface area contributed by atoms with Crippen LogP contribution < -0.4 is 10.1 Å². The zero-order valence-electron chi connectivity index (χ0n) is 20.0. The molecule has 3 atom stereocenters. The number of fused-ring (bicyclic) bond motifs is 4. The molecule has 37 heavy (non-hydrogen) atoms. The number of esters is 1. The highest BCUT2D eigenvalue weighted by Gasteiger charge is 2.50. The molecule has 0 bridgehead atoms. The molecule has 0 saturated heterocycles. The molecule has 4 aliphatic heterocycles. The quantitative estimate of drug-likeness (QED) is 0.426. The maximum absolute atomic E-state index is 15.0. The van der Waals surface area contributed by atoms with Crippen LogP contribution in [0.25, 0.3) is 16.6 Å². The van der Waals surface area contributed by atoms with Crippen LogP contribution in [0.2, 0.25) is 0 Å². The number of aromatic nitrogens is 1. The number of methoxy groups -OCH3 is 1. The van der Waals surface area contributed by atoms with E-state index in [0.29, 0.717) is 49.6 Å². The minimum Gasteiger partial charge on any atom is -0.492 e. The number of cyclic esters (lactones) is 1. The number of nitrogens with zero attached hydrogens (tertiary/aromatic N) is 2. The Labute approximate surface area is 214 Å². The molecule has 6 rings (SSSR count). The van der Waals surface area contributed by atoms with Crippen molar-refractivity contribution in [1.82, 2.24) is 15.2 Å². The lowest BCUT2D eigenvalue weighted by Crippen LogP contribution is -2.50. The van der Waals surface area contributed by atoms with Gasteiger partial charge in [-0.2, -0.15) is 0 Å². The molecule has 1 aromatic heterocycles. The van der Waals surface area contributed by atoms with Crippen LogP contribution in [0, 0.1) is 5.82 Å². The fourth-order valence-corrected chi connectivity index (χ4v) is 6.92. The molecule has 4 N–H and O–H groups in total. The van der Waals surface area contributed by atoms with Gasteiger partial charge < -0.3 is 35.0 Å². The highest BCUT2D eigenvalue weighted by molar-refractivity contribution is 7.99. The molecule has 0 radical (unpaired) electrons. The fourth-order valence-electron chi connectivity index (χ4n) is 5.66. The summed E-state index contributed by atoms with van der Waals surface area (Å²) >= 11 is 1.32. The average molecular weight is 530 g/mol. The second kappa shape index (κ2) is 8.42. The summed E-state index contributed by atoms with van der Waals surface area (Å²) in [5.41, 5.74) is 1.42. The third kappa shape index (κ3) is 3.26. The Bertz CT molecular complexity index is 1460. The zero-order valence-corrected chi connectivity index (χ0v) is 20.8. The summed E-state index contributed by atoms with van der Waals surface area (Å²) < 4.78 is 25.5. The third-order valence-electron chi connectivity index (χ3n) is 7.48. The Morgan fingerprint density at radius 3 is 2.95 bits per heavy atom. The number of carbonyl (C=O) groups is 2. The molecule has 0 fully saturated rings. The minimum absolute atomic E-state index is 0.0469. The topological polar surface area (TPSA) is 141 Å². The van der Waals surface area contributed by atoms with E-state index in [2.05, 4.69) is 5.32 Å². The van der Waals surface area contributed by atoms with Gasteiger partial charge in [0, 0.05) is 40.5 Å². The van der Waals surface area contributed by atoms with E-state index in [1.165, 1.54) is 24.9 Å². The van der Waals surface area contributed by atoms with E-state index in [0.717, 1.165) is 0 Å². The van der Waals surface area contributed by atoms with Gasteiger partial charge in [-0.25, -0.2) is 14.2 Å². The maximum Gasteiger partial charge on any atom is 0.343 e. The summed E-state index contributed by atoms with van der Waals surface area (Å²) in [4.78, 5) is 31.7. The van der Waals surface area contributed by atoms with E-state index >= 15 is 4.39 Å². The molecular weight excluding hydrogens is 505 g/mol. The predicted octanol–water partition coefficient (Wildman–Crippen LogP) is 1.12. The molecule has 0 spiro atoms. The number of nitrogens with one attached hydrogen (secondary N) is 1. The molecule has 1 amide bonds. The fraction of sp³-hybridized carbons (Fsp3) is 0.400. The van der Waals surface area contributed by atoms with Crippen molar-refractivity contribution >= 4 is 40.2 Å². The van der Waals surface area contributed by atoms with E-state index in [1.807, 2.05) is 0 Å². The van der Waals surface area contributed by atoms with E-state index in [4.69, 9.17) is 14.5 Å². The first-order chi connectivity index (χ1) is 17.7. The SMILES string of the molecule is CC[C@@]1(O)C(=O)OCC2=C1C=C1c3nc4cc(F)c(OC)c5c4c(c3CN1C2O)[C@@H](NC(=O)CO)CS5. The monoisotopic (exact) mass is 529 g/mol. The second-order valence-electron chi connectivity index (χ2n) is 9.32. The summed E-state index contributed by atoms with van der Waals surface area (Å²) in [6, 6.07) is 0.747. The molecule has 1 aromatic carbocycles. The lowest BCUT2D eigenvalue weighted by atomic mass is 9.82. The van der Waals surface area contributed by atoms with Crippen LogP contribution >= 0.6 is 11.8 Å². The number of pyridine rings is 1. The first kappa shape index (κ1) is 24.2. The molecule has 0 aliphatic carbocycles. The normalized spacial score (nSPS) is 25.8. The summed E-state index contributed by atoms with van der Waals surface area (Å²) in [7, 11) is 1.39. The number of benzene rings is 1. The Hall–Kier alpha value is -3.19. The maximum atomic E-state index is 15.0. The summed E-state index contributed by atoms with van der Waals surface area (Å²) in [5.74, 6) is -1.48. The van der Waals surface area contributed by atoms with Crippen LogP contribution in [0.5, 0.6) is 5.75 Å². The number of hydrogen-bond donors (Lipinski definition) is 4. The molecule has 2 aromatic rings. The van der Waals surface area contributed by atoms with Crippen molar-refractivity contribution in [2.75, 3.05) is 26.1 Å². The van der Waals surface area contributed by atoms with Gasteiger partial charge in [-0.05, 0) is 18.1 Å². The van der Waals surface area contributed by atoms with Gasteiger partial charge in [0.2, 0.25) is 5.91 Å². The number of halogens is 1. The smallest absolute Gasteiger partial charge is 0.343 e. The predicted molar refractivity (Wildman–Crippen MR) is 130 cm³/mol. The molecule has 4 aliphatic rings. The third-order valence-corrected chi connectivity index (χ3v) is 8.65. The van der Waals surface area contributed by atoms with Crippen LogP contribution in [0.4, 0.5) is 4.39 Å². The van der Waals surface area contributed by atoms with Gasteiger partial charge in [0.1, 0.15) is 13.2 Å². The lowest BCUT2D eigenvalue weighted by molar-refractivity contribution is -0.164. The lowest BCUT2D eigenvalue weighted by Gasteiger charge is -2.40. The highest BCUT2D eigenvalue weighted by Crippen LogP contribution is 2.52. The molecule has 1 unspecified atom stereocenters. The largest absolute Gasteiger partial charge is 0.492 e. The summed E-state index contributed by atoms with van der Waals surface area (Å²) in [5, 5.41) is 35.3. The average Bonchev–Trinajstić information content (AvgIpc) is 3.26. The molecular formula is C25H24FN3O7S. The number of hydrogen-bond acceptors (Lipinski definition) is 10. The number of aliphatic hydroxyl groups excluding tert-OH is 2. The van der Waals surface area contributed by atoms with Gasteiger partial charge in [-0.3, -0.25) is 4.79 Å². The van der Waals surface area contributed by atoms with E-state index in [-0.39, 0.29) is 30.9 Å². The van der Waals surface area contributed by atoms with Crippen LogP contribution in [-0.4, -0.2) is 75.0 Å². The van der Waals surface area contributed by atoms with Crippen molar-refractivity contribution in [1.29, 1.82) is 0 Å². The molecule has 12 heteroatoms. The summed E-state index contributed by atoms with van der Waals surface area (Å²) in [6.07, 6.45) is 0.494. The van der Waals surface area contributed by atoms with Crippen LogP contribution in [-0.2, 0) is 20.9 Å². The van der Waals surface area contributed by atoms with Gasteiger partial charge in [0.15, 0.2) is 23.4 Å². The van der Waals surface area contributed by atoms with Crippen molar-refractivity contribution in [3.8, 4) is 5.75 Å². The Balaban J connectivity index is 1.61. The Kier molecular flexibility index (Phi) is 5.50. The van der Waals surface area contributed by atoms with Crippen molar-refractivity contribution < 1.29 is 38.8 Å². The Morgan fingerprint density at radius 2 is 2.24 bits per heavy atom. The first-order valence-corrected chi connectivity index (χ1v) is 12.8. The van der Waals surface area contributed by atoms with Crippen molar-refractivity contribution in [3.05, 3.63) is 45.9 Å².